The molecule has 0 saturated carbocycles. The lowest BCUT2D eigenvalue weighted by molar-refractivity contribution is 0.347. The lowest BCUT2D eigenvalue weighted by Crippen LogP contribution is -2.28. The minimum absolute atomic E-state index is 0.259. The molecule has 1 aromatic heterocycles. The van der Waals surface area contributed by atoms with E-state index >= 15 is 0 Å². The van der Waals surface area contributed by atoms with Crippen molar-refractivity contribution < 1.29 is 9.15 Å². The van der Waals surface area contributed by atoms with Gasteiger partial charge in [-0.3, -0.25) is 5.84 Å². The SMILES string of the molecule is NNC(c1ccc(Cl)o1)c1cccc2c1OCC2. The van der Waals surface area contributed by atoms with Crippen LogP contribution in [0.4, 0.5) is 0 Å². The average molecular weight is 265 g/mol. The number of fused-ring (bicyclic) bond motifs is 1. The first kappa shape index (κ1) is 11.6. The number of furan rings is 1. The quantitative estimate of drug-likeness (QED) is 0.660. The van der Waals surface area contributed by atoms with Crippen molar-refractivity contribution in [2.45, 2.75) is 12.5 Å². The minimum atomic E-state index is -0.259. The van der Waals surface area contributed by atoms with Gasteiger partial charge in [-0.05, 0) is 29.3 Å². The third-order valence-corrected chi connectivity index (χ3v) is 3.30. The Labute approximate surface area is 110 Å². The van der Waals surface area contributed by atoms with Crippen LogP contribution in [0.3, 0.4) is 0 Å². The first-order valence-corrected chi connectivity index (χ1v) is 6.13. The Bertz CT molecular complexity index is 568. The molecule has 0 radical (unpaired) electrons. The summed E-state index contributed by atoms with van der Waals surface area (Å²) in [6, 6.07) is 9.29. The average Bonchev–Trinajstić information content (AvgIpc) is 2.99. The van der Waals surface area contributed by atoms with Crippen molar-refractivity contribution in [2.24, 2.45) is 5.84 Å². The smallest absolute Gasteiger partial charge is 0.193 e. The summed E-state index contributed by atoms with van der Waals surface area (Å²) in [7, 11) is 0. The molecule has 0 amide bonds. The van der Waals surface area contributed by atoms with Crippen molar-refractivity contribution in [3.05, 3.63) is 52.4 Å². The molecule has 4 nitrogen and oxygen atoms in total. The molecule has 1 aliphatic heterocycles. The van der Waals surface area contributed by atoms with Gasteiger partial charge in [-0.25, -0.2) is 5.43 Å². The summed E-state index contributed by atoms with van der Waals surface area (Å²) in [5.41, 5.74) is 4.92. The van der Waals surface area contributed by atoms with Crippen LogP contribution in [0.1, 0.15) is 22.9 Å². The van der Waals surface area contributed by atoms with Gasteiger partial charge in [0.15, 0.2) is 5.22 Å². The second kappa shape index (κ2) is 4.65. The molecule has 5 heteroatoms. The van der Waals surface area contributed by atoms with Gasteiger partial charge in [0.1, 0.15) is 17.6 Å². The fraction of sp³-hybridized carbons (Fsp3) is 0.231. The molecule has 0 aliphatic carbocycles. The van der Waals surface area contributed by atoms with Crippen molar-refractivity contribution >= 4 is 11.6 Å². The van der Waals surface area contributed by atoms with E-state index in [-0.39, 0.29) is 6.04 Å². The van der Waals surface area contributed by atoms with Crippen molar-refractivity contribution in [1.82, 2.24) is 5.43 Å². The largest absolute Gasteiger partial charge is 0.493 e. The predicted octanol–water partition coefficient (Wildman–Crippen LogP) is 2.42. The number of ether oxygens (including phenoxy) is 1. The van der Waals surface area contributed by atoms with Crippen LogP contribution < -0.4 is 16.0 Å². The molecule has 1 aliphatic rings. The van der Waals surface area contributed by atoms with Crippen LogP contribution in [0.2, 0.25) is 5.22 Å². The normalized spacial score (nSPS) is 15.2. The fourth-order valence-corrected chi connectivity index (χ4v) is 2.43. The Morgan fingerprint density at radius 1 is 1.28 bits per heavy atom. The van der Waals surface area contributed by atoms with Crippen molar-refractivity contribution in [3.63, 3.8) is 0 Å². The molecule has 0 fully saturated rings. The van der Waals surface area contributed by atoms with Crippen LogP contribution in [0, 0.1) is 0 Å². The van der Waals surface area contributed by atoms with Gasteiger partial charge in [0.05, 0.1) is 6.61 Å². The first-order valence-electron chi connectivity index (χ1n) is 5.75. The van der Waals surface area contributed by atoms with Crippen LogP contribution in [-0.4, -0.2) is 6.61 Å². The van der Waals surface area contributed by atoms with Crippen LogP contribution in [0.15, 0.2) is 34.7 Å². The number of para-hydroxylation sites is 1. The van der Waals surface area contributed by atoms with E-state index in [4.69, 9.17) is 26.6 Å². The minimum Gasteiger partial charge on any atom is -0.493 e. The number of benzene rings is 1. The second-order valence-electron chi connectivity index (χ2n) is 4.18. The van der Waals surface area contributed by atoms with Crippen molar-refractivity contribution in [3.8, 4) is 5.75 Å². The molecule has 2 aromatic rings. The molecule has 0 bridgehead atoms. The van der Waals surface area contributed by atoms with E-state index < -0.39 is 0 Å². The molecule has 1 atom stereocenters. The molecule has 3 rings (SSSR count). The van der Waals surface area contributed by atoms with E-state index in [0.717, 1.165) is 17.7 Å². The highest BCUT2D eigenvalue weighted by molar-refractivity contribution is 6.28. The van der Waals surface area contributed by atoms with Gasteiger partial charge in [0.25, 0.3) is 0 Å². The zero-order valence-electron chi connectivity index (χ0n) is 9.65. The number of hydrogen-bond acceptors (Lipinski definition) is 4. The van der Waals surface area contributed by atoms with E-state index in [1.54, 1.807) is 12.1 Å². The van der Waals surface area contributed by atoms with Gasteiger partial charge in [0.2, 0.25) is 0 Å². The van der Waals surface area contributed by atoms with E-state index in [1.165, 1.54) is 5.56 Å². The number of hydrazine groups is 1. The Morgan fingerprint density at radius 2 is 2.17 bits per heavy atom. The molecule has 3 N–H and O–H groups in total. The van der Waals surface area contributed by atoms with E-state index in [1.807, 2.05) is 12.1 Å². The molecular formula is C13H13ClN2O2. The molecule has 1 aromatic carbocycles. The zero-order chi connectivity index (χ0) is 12.5. The number of nitrogens with two attached hydrogens (primary N) is 1. The summed E-state index contributed by atoms with van der Waals surface area (Å²) in [5, 5.41) is 0.346. The molecule has 0 spiro atoms. The Kier molecular flexibility index (Phi) is 2.99. The van der Waals surface area contributed by atoms with Gasteiger partial charge in [-0.2, -0.15) is 0 Å². The highest BCUT2D eigenvalue weighted by Crippen LogP contribution is 2.36. The predicted molar refractivity (Wildman–Crippen MR) is 68.5 cm³/mol. The Balaban J connectivity index is 2.05. The summed E-state index contributed by atoms with van der Waals surface area (Å²) >= 11 is 5.80. The molecule has 1 unspecified atom stereocenters. The maximum Gasteiger partial charge on any atom is 0.193 e. The monoisotopic (exact) mass is 264 g/mol. The third-order valence-electron chi connectivity index (χ3n) is 3.10. The summed E-state index contributed by atoms with van der Waals surface area (Å²) < 4.78 is 11.1. The summed E-state index contributed by atoms with van der Waals surface area (Å²) in [5.74, 6) is 7.20. The van der Waals surface area contributed by atoms with Gasteiger partial charge in [-0.1, -0.05) is 18.2 Å². The van der Waals surface area contributed by atoms with Crippen LogP contribution in [0.25, 0.3) is 0 Å². The van der Waals surface area contributed by atoms with Gasteiger partial charge in [0, 0.05) is 12.0 Å². The van der Waals surface area contributed by atoms with Crippen molar-refractivity contribution in [2.75, 3.05) is 6.61 Å². The second-order valence-corrected chi connectivity index (χ2v) is 4.55. The lowest BCUT2D eigenvalue weighted by atomic mass is 10.0. The zero-order valence-corrected chi connectivity index (χ0v) is 10.4. The molecule has 0 saturated heterocycles. The highest BCUT2D eigenvalue weighted by atomic mass is 35.5. The Hall–Kier alpha value is -1.49. The number of hydrogen-bond donors (Lipinski definition) is 2. The van der Waals surface area contributed by atoms with Crippen LogP contribution in [-0.2, 0) is 6.42 Å². The third kappa shape index (κ3) is 1.88. The lowest BCUT2D eigenvalue weighted by Gasteiger charge is -2.16. The molecule has 18 heavy (non-hydrogen) atoms. The maximum atomic E-state index is 5.80. The van der Waals surface area contributed by atoms with E-state index in [2.05, 4.69) is 11.5 Å². The Morgan fingerprint density at radius 3 is 2.89 bits per heavy atom. The van der Waals surface area contributed by atoms with Crippen molar-refractivity contribution in [1.29, 1.82) is 0 Å². The summed E-state index contributed by atoms with van der Waals surface area (Å²) in [6.45, 7) is 0.711. The van der Waals surface area contributed by atoms with Gasteiger partial charge < -0.3 is 9.15 Å². The van der Waals surface area contributed by atoms with E-state index in [9.17, 15) is 0 Å². The topological polar surface area (TPSA) is 60.4 Å². The van der Waals surface area contributed by atoms with Crippen LogP contribution in [0.5, 0.6) is 5.75 Å². The number of rotatable bonds is 3. The van der Waals surface area contributed by atoms with Crippen LogP contribution >= 0.6 is 11.6 Å². The number of halogens is 1. The molecular weight excluding hydrogens is 252 g/mol. The van der Waals surface area contributed by atoms with E-state index in [0.29, 0.717) is 17.6 Å². The molecule has 94 valence electrons. The fourth-order valence-electron chi connectivity index (χ4n) is 2.28. The highest BCUT2D eigenvalue weighted by Gasteiger charge is 2.24. The summed E-state index contributed by atoms with van der Waals surface area (Å²) in [4.78, 5) is 0. The molecule has 2 heterocycles. The standard InChI is InChI=1S/C13H13ClN2O2/c14-11-5-4-10(18-11)12(16-15)9-3-1-2-8-6-7-17-13(8)9/h1-5,12,16H,6-7,15H2. The van der Waals surface area contributed by atoms with Gasteiger partial charge in [-0.15, -0.1) is 0 Å². The van der Waals surface area contributed by atoms with Gasteiger partial charge >= 0.3 is 0 Å². The maximum absolute atomic E-state index is 5.80. The number of nitrogens with one attached hydrogen (secondary N) is 1. The summed E-state index contributed by atoms with van der Waals surface area (Å²) in [6.07, 6.45) is 0.930. The first-order chi connectivity index (χ1) is 8.79.